The Hall–Kier alpha value is -2.40. The average Bonchev–Trinajstić information content (AvgIpc) is 2.71. The molecule has 2 aromatic carbocycles. The highest BCUT2D eigenvalue weighted by atomic mass is 35.5. The van der Waals surface area contributed by atoms with Gasteiger partial charge in [-0.05, 0) is 36.8 Å². The molecular formula is C17H14ClFN2O2. The van der Waals surface area contributed by atoms with Crippen LogP contribution in [0, 0.1) is 5.82 Å². The summed E-state index contributed by atoms with van der Waals surface area (Å²) in [6.45, 7) is 0.434. The normalized spacial score (nSPS) is 14.2. The molecule has 0 aromatic heterocycles. The Bertz CT molecular complexity index is 779. The Morgan fingerprint density at radius 2 is 2.00 bits per heavy atom. The fourth-order valence-electron chi connectivity index (χ4n) is 2.57. The number of urea groups is 1. The number of hydrogen-bond acceptors (Lipinski definition) is 2. The van der Waals surface area contributed by atoms with E-state index >= 15 is 0 Å². The first-order valence-electron chi connectivity index (χ1n) is 7.22. The van der Waals surface area contributed by atoms with Crippen LogP contribution in [0.3, 0.4) is 0 Å². The minimum Gasteiger partial charge on any atom is -0.307 e. The number of hydrogen-bond donors (Lipinski definition) is 1. The number of nitrogens with zero attached hydrogens (tertiary/aromatic N) is 1. The van der Waals surface area contributed by atoms with E-state index in [4.69, 9.17) is 11.6 Å². The van der Waals surface area contributed by atoms with E-state index in [2.05, 4.69) is 5.32 Å². The number of fused-ring (bicyclic) bond motifs is 1. The maximum Gasteiger partial charge on any atom is 0.326 e. The third kappa shape index (κ3) is 3.19. The standard InChI is InChI=1S/C17H14ClFN2O2/c18-13-10-11(7-8-14(13)19)20-17(23)21-9-3-6-16(22)12-4-1-2-5-15(12)21/h1-2,4-5,7-8,10H,3,6,9H2,(H,20,23). The van der Waals surface area contributed by atoms with Crippen molar-refractivity contribution in [3.05, 3.63) is 58.9 Å². The van der Waals surface area contributed by atoms with Crippen molar-refractivity contribution in [1.82, 2.24) is 0 Å². The molecule has 1 aliphatic rings. The molecule has 0 bridgehead atoms. The molecule has 1 aliphatic heterocycles. The van der Waals surface area contributed by atoms with Crippen LogP contribution >= 0.6 is 11.6 Å². The Morgan fingerprint density at radius 1 is 1.22 bits per heavy atom. The van der Waals surface area contributed by atoms with E-state index < -0.39 is 5.82 Å². The van der Waals surface area contributed by atoms with Crippen molar-refractivity contribution in [3.63, 3.8) is 0 Å². The van der Waals surface area contributed by atoms with Gasteiger partial charge in [0.05, 0.1) is 10.7 Å². The number of halogens is 2. The van der Waals surface area contributed by atoms with Gasteiger partial charge in [-0.3, -0.25) is 9.69 Å². The predicted octanol–water partition coefficient (Wildman–Crippen LogP) is 4.49. The number of nitrogens with one attached hydrogen (secondary N) is 1. The predicted molar refractivity (Wildman–Crippen MR) is 87.8 cm³/mol. The first kappa shape index (κ1) is 15.5. The molecule has 23 heavy (non-hydrogen) atoms. The first-order valence-corrected chi connectivity index (χ1v) is 7.60. The van der Waals surface area contributed by atoms with Gasteiger partial charge in [-0.15, -0.1) is 0 Å². The summed E-state index contributed by atoms with van der Waals surface area (Å²) >= 11 is 5.72. The number of rotatable bonds is 1. The van der Waals surface area contributed by atoms with Crippen LogP contribution in [0.25, 0.3) is 0 Å². The third-order valence-electron chi connectivity index (χ3n) is 3.70. The molecule has 0 unspecified atom stereocenters. The fraction of sp³-hybridized carbons (Fsp3) is 0.176. The smallest absolute Gasteiger partial charge is 0.307 e. The molecule has 0 atom stereocenters. The number of para-hydroxylation sites is 1. The highest BCUT2D eigenvalue weighted by Crippen LogP contribution is 2.27. The van der Waals surface area contributed by atoms with Crippen molar-refractivity contribution in [3.8, 4) is 0 Å². The molecule has 118 valence electrons. The van der Waals surface area contributed by atoms with Crippen LogP contribution in [0.4, 0.5) is 20.6 Å². The minimum absolute atomic E-state index is 0.0285. The quantitative estimate of drug-likeness (QED) is 0.836. The molecule has 0 saturated heterocycles. The lowest BCUT2D eigenvalue weighted by Gasteiger charge is -2.23. The van der Waals surface area contributed by atoms with Gasteiger partial charge in [0.15, 0.2) is 5.78 Å². The summed E-state index contributed by atoms with van der Waals surface area (Å²) in [5.41, 5.74) is 1.52. The van der Waals surface area contributed by atoms with E-state index in [0.29, 0.717) is 36.3 Å². The van der Waals surface area contributed by atoms with Gasteiger partial charge in [0.25, 0.3) is 0 Å². The fourth-order valence-corrected chi connectivity index (χ4v) is 2.75. The van der Waals surface area contributed by atoms with Crippen molar-refractivity contribution in [1.29, 1.82) is 0 Å². The Morgan fingerprint density at radius 3 is 2.78 bits per heavy atom. The number of benzene rings is 2. The van der Waals surface area contributed by atoms with Crippen molar-refractivity contribution >= 4 is 34.8 Å². The van der Waals surface area contributed by atoms with Crippen LogP contribution < -0.4 is 10.2 Å². The molecule has 0 fully saturated rings. The number of anilines is 2. The third-order valence-corrected chi connectivity index (χ3v) is 3.99. The van der Waals surface area contributed by atoms with E-state index in [1.165, 1.54) is 23.1 Å². The molecule has 6 heteroatoms. The van der Waals surface area contributed by atoms with Crippen LogP contribution in [0.1, 0.15) is 23.2 Å². The SMILES string of the molecule is O=C1CCCN(C(=O)Nc2ccc(F)c(Cl)c2)c2ccccc21. The average molecular weight is 333 g/mol. The van der Waals surface area contributed by atoms with Gasteiger partial charge < -0.3 is 5.32 Å². The summed E-state index contributed by atoms with van der Waals surface area (Å²) in [5, 5.41) is 2.63. The molecule has 0 aliphatic carbocycles. The lowest BCUT2D eigenvalue weighted by atomic mass is 10.1. The molecule has 1 N–H and O–H groups in total. The summed E-state index contributed by atoms with van der Waals surface area (Å²) in [7, 11) is 0. The highest BCUT2D eigenvalue weighted by Gasteiger charge is 2.24. The highest BCUT2D eigenvalue weighted by molar-refractivity contribution is 6.31. The maximum absolute atomic E-state index is 13.2. The molecule has 0 spiro atoms. The van der Waals surface area contributed by atoms with Crippen LogP contribution in [0.15, 0.2) is 42.5 Å². The number of amides is 2. The second-order valence-electron chi connectivity index (χ2n) is 5.25. The van der Waals surface area contributed by atoms with Crippen molar-refractivity contribution in [2.75, 3.05) is 16.8 Å². The molecule has 1 heterocycles. The lowest BCUT2D eigenvalue weighted by molar-refractivity contribution is 0.0983. The molecule has 0 saturated carbocycles. The zero-order chi connectivity index (χ0) is 16.4. The first-order chi connectivity index (χ1) is 11.1. The van der Waals surface area contributed by atoms with Gasteiger partial charge in [-0.1, -0.05) is 23.7 Å². The summed E-state index contributed by atoms with van der Waals surface area (Å²) in [6.07, 6.45) is 0.994. The summed E-state index contributed by atoms with van der Waals surface area (Å²) in [5.74, 6) is -0.517. The van der Waals surface area contributed by atoms with Gasteiger partial charge in [-0.2, -0.15) is 0 Å². The van der Waals surface area contributed by atoms with Crippen LogP contribution in [-0.4, -0.2) is 18.4 Å². The monoisotopic (exact) mass is 332 g/mol. The summed E-state index contributed by atoms with van der Waals surface area (Å²) in [6, 6.07) is 10.6. The number of ketones is 1. The zero-order valence-corrected chi connectivity index (χ0v) is 12.9. The Kier molecular flexibility index (Phi) is 4.30. The molecular weight excluding hydrogens is 319 g/mol. The van der Waals surface area contributed by atoms with Crippen molar-refractivity contribution in [2.45, 2.75) is 12.8 Å². The van der Waals surface area contributed by atoms with Crippen LogP contribution in [0.5, 0.6) is 0 Å². The van der Waals surface area contributed by atoms with E-state index in [1.54, 1.807) is 24.3 Å². The zero-order valence-electron chi connectivity index (χ0n) is 12.2. The van der Waals surface area contributed by atoms with Crippen molar-refractivity contribution < 1.29 is 14.0 Å². The van der Waals surface area contributed by atoms with Gasteiger partial charge in [-0.25, -0.2) is 9.18 Å². The molecule has 2 aromatic rings. The topological polar surface area (TPSA) is 49.4 Å². The van der Waals surface area contributed by atoms with Crippen molar-refractivity contribution in [2.24, 2.45) is 0 Å². The number of Topliss-reactive ketones (excluding diaryl/α,β-unsaturated/α-hetero) is 1. The van der Waals surface area contributed by atoms with E-state index in [9.17, 15) is 14.0 Å². The van der Waals surface area contributed by atoms with E-state index in [0.717, 1.165) is 0 Å². The second kappa shape index (κ2) is 6.38. The molecule has 3 rings (SSSR count). The number of carbonyl (C=O) groups excluding carboxylic acids is 2. The van der Waals surface area contributed by atoms with Crippen LogP contribution in [0.2, 0.25) is 5.02 Å². The van der Waals surface area contributed by atoms with Gasteiger partial charge in [0.1, 0.15) is 5.82 Å². The summed E-state index contributed by atoms with van der Waals surface area (Å²) < 4.78 is 13.2. The lowest BCUT2D eigenvalue weighted by Crippen LogP contribution is -2.35. The molecule has 4 nitrogen and oxygen atoms in total. The second-order valence-corrected chi connectivity index (χ2v) is 5.66. The van der Waals surface area contributed by atoms with Gasteiger partial charge >= 0.3 is 6.03 Å². The minimum atomic E-state index is -0.546. The maximum atomic E-state index is 13.2. The summed E-state index contributed by atoms with van der Waals surface area (Å²) in [4.78, 5) is 26.2. The van der Waals surface area contributed by atoms with Gasteiger partial charge in [0, 0.05) is 24.2 Å². The van der Waals surface area contributed by atoms with Crippen LogP contribution in [-0.2, 0) is 0 Å². The van der Waals surface area contributed by atoms with E-state index in [1.807, 2.05) is 0 Å². The van der Waals surface area contributed by atoms with E-state index in [-0.39, 0.29) is 16.8 Å². The number of carbonyl (C=O) groups is 2. The Labute approximate surface area is 137 Å². The van der Waals surface area contributed by atoms with Gasteiger partial charge in [0.2, 0.25) is 0 Å². The Balaban J connectivity index is 1.88. The molecule has 2 amide bonds. The molecule has 0 radical (unpaired) electrons. The largest absolute Gasteiger partial charge is 0.326 e.